The van der Waals surface area contributed by atoms with Crippen molar-refractivity contribution in [1.29, 1.82) is 0 Å². The molecular weight excluding hydrogens is 206 g/mol. The molecule has 0 bridgehead atoms. The SMILES string of the molecule is CC(C)(C)S(=O)CCNC1CCCCC1. The van der Waals surface area contributed by atoms with Crippen LogP contribution in [0.3, 0.4) is 0 Å². The molecule has 0 aromatic rings. The summed E-state index contributed by atoms with van der Waals surface area (Å²) in [6, 6.07) is 0.690. The zero-order valence-electron chi connectivity index (χ0n) is 10.3. The highest BCUT2D eigenvalue weighted by atomic mass is 32.2. The van der Waals surface area contributed by atoms with Crippen LogP contribution in [0.25, 0.3) is 0 Å². The standard InChI is InChI=1S/C12H25NOS/c1-12(2,3)15(14)10-9-13-11-7-5-4-6-8-11/h11,13H,4-10H2,1-3H3. The maximum Gasteiger partial charge on any atom is 0.0375 e. The van der Waals surface area contributed by atoms with E-state index in [1.165, 1.54) is 32.1 Å². The van der Waals surface area contributed by atoms with E-state index >= 15 is 0 Å². The Morgan fingerprint density at radius 2 is 1.80 bits per heavy atom. The molecule has 1 aliphatic rings. The first-order valence-corrected chi connectivity index (χ1v) is 7.44. The first kappa shape index (κ1) is 13.2. The van der Waals surface area contributed by atoms with E-state index < -0.39 is 10.8 Å². The largest absolute Gasteiger partial charge is 0.313 e. The molecule has 2 nitrogen and oxygen atoms in total. The van der Waals surface area contributed by atoms with Crippen molar-refractivity contribution in [3.05, 3.63) is 0 Å². The van der Waals surface area contributed by atoms with Crippen LogP contribution in [-0.2, 0) is 10.8 Å². The van der Waals surface area contributed by atoms with E-state index in [1.54, 1.807) is 0 Å². The Labute approximate surface area is 96.7 Å². The molecule has 0 aliphatic heterocycles. The number of hydrogen-bond donors (Lipinski definition) is 1. The van der Waals surface area contributed by atoms with Crippen molar-refractivity contribution < 1.29 is 4.21 Å². The fraction of sp³-hybridized carbons (Fsp3) is 1.00. The Bertz CT molecular complexity index is 204. The number of rotatable bonds is 4. The average molecular weight is 231 g/mol. The normalized spacial score (nSPS) is 21.5. The molecule has 3 heteroatoms. The molecule has 1 atom stereocenters. The van der Waals surface area contributed by atoms with Crippen LogP contribution in [0.15, 0.2) is 0 Å². The van der Waals surface area contributed by atoms with E-state index in [1.807, 2.05) is 20.8 Å². The van der Waals surface area contributed by atoms with E-state index in [0.717, 1.165) is 12.3 Å². The molecular formula is C12H25NOS. The molecule has 15 heavy (non-hydrogen) atoms. The predicted molar refractivity (Wildman–Crippen MR) is 67.6 cm³/mol. The third-order valence-corrected chi connectivity index (χ3v) is 4.95. The molecule has 0 saturated heterocycles. The van der Waals surface area contributed by atoms with Crippen molar-refractivity contribution in [1.82, 2.24) is 5.32 Å². The molecule has 0 aromatic carbocycles. The lowest BCUT2D eigenvalue weighted by Gasteiger charge is -2.24. The van der Waals surface area contributed by atoms with Crippen molar-refractivity contribution in [2.45, 2.75) is 63.7 Å². The summed E-state index contributed by atoms with van der Waals surface area (Å²) in [5, 5.41) is 3.53. The number of nitrogens with one attached hydrogen (secondary N) is 1. The summed E-state index contributed by atoms with van der Waals surface area (Å²) in [6.45, 7) is 7.05. The molecule has 0 radical (unpaired) electrons. The highest BCUT2D eigenvalue weighted by molar-refractivity contribution is 7.86. The molecule has 1 rings (SSSR count). The van der Waals surface area contributed by atoms with Crippen molar-refractivity contribution in [3.8, 4) is 0 Å². The van der Waals surface area contributed by atoms with E-state index in [2.05, 4.69) is 5.32 Å². The third-order valence-electron chi connectivity index (χ3n) is 3.01. The maximum absolute atomic E-state index is 11.8. The first-order valence-electron chi connectivity index (χ1n) is 6.12. The minimum Gasteiger partial charge on any atom is -0.313 e. The summed E-state index contributed by atoms with van der Waals surface area (Å²) in [7, 11) is -0.704. The van der Waals surface area contributed by atoms with E-state index in [-0.39, 0.29) is 4.75 Å². The number of hydrogen-bond acceptors (Lipinski definition) is 2. The van der Waals surface area contributed by atoms with E-state index in [9.17, 15) is 4.21 Å². The van der Waals surface area contributed by atoms with Crippen LogP contribution in [0.5, 0.6) is 0 Å². The van der Waals surface area contributed by atoms with Gasteiger partial charge < -0.3 is 5.32 Å². The average Bonchev–Trinajstić information content (AvgIpc) is 2.18. The monoisotopic (exact) mass is 231 g/mol. The fourth-order valence-corrected chi connectivity index (χ4v) is 2.88. The lowest BCUT2D eigenvalue weighted by Crippen LogP contribution is -2.36. The summed E-state index contributed by atoms with van der Waals surface area (Å²) < 4.78 is 11.7. The molecule has 1 N–H and O–H groups in total. The summed E-state index contributed by atoms with van der Waals surface area (Å²) in [5.74, 6) is 0.792. The molecule has 0 spiro atoms. The zero-order valence-corrected chi connectivity index (χ0v) is 11.2. The molecule has 0 heterocycles. The Kier molecular flexibility index (Phi) is 5.27. The summed E-state index contributed by atoms with van der Waals surface area (Å²) in [6.07, 6.45) is 6.73. The van der Waals surface area contributed by atoms with Crippen LogP contribution in [-0.4, -0.2) is 27.3 Å². The summed E-state index contributed by atoms with van der Waals surface area (Å²) >= 11 is 0. The first-order chi connectivity index (χ1) is 7.00. The van der Waals surface area contributed by atoms with Crippen molar-refractivity contribution >= 4 is 10.8 Å². The van der Waals surface area contributed by atoms with Gasteiger partial charge in [0, 0.05) is 33.9 Å². The second-order valence-electron chi connectivity index (χ2n) is 5.45. The van der Waals surface area contributed by atoms with Gasteiger partial charge in [0.05, 0.1) is 0 Å². The van der Waals surface area contributed by atoms with Gasteiger partial charge in [-0.3, -0.25) is 4.21 Å². The van der Waals surface area contributed by atoms with Gasteiger partial charge in [-0.05, 0) is 33.6 Å². The lowest BCUT2D eigenvalue weighted by molar-refractivity contribution is 0.380. The van der Waals surface area contributed by atoms with Gasteiger partial charge in [0.25, 0.3) is 0 Å². The second-order valence-corrected chi connectivity index (χ2v) is 7.78. The minimum absolute atomic E-state index is 0.0613. The lowest BCUT2D eigenvalue weighted by atomic mass is 9.96. The van der Waals surface area contributed by atoms with Crippen LogP contribution in [0.4, 0.5) is 0 Å². The van der Waals surface area contributed by atoms with Gasteiger partial charge in [0.2, 0.25) is 0 Å². The Morgan fingerprint density at radius 3 is 2.33 bits per heavy atom. The maximum atomic E-state index is 11.8. The topological polar surface area (TPSA) is 29.1 Å². The quantitative estimate of drug-likeness (QED) is 0.805. The van der Waals surface area contributed by atoms with E-state index in [0.29, 0.717) is 6.04 Å². The van der Waals surface area contributed by atoms with Crippen LogP contribution in [0.1, 0.15) is 52.9 Å². The fourth-order valence-electron chi connectivity index (χ4n) is 1.97. The van der Waals surface area contributed by atoms with Crippen molar-refractivity contribution in [2.75, 3.05) is 12.3 Å². The van der Waals surface area contributed by atoms with Gasteiger partial charge in [-0.15, -0.1) is 0 Å². The highest BCUT2D eigenvalue weighted by Crippen LogP contribution is 2.17. The molecule has 1 saturated carbocycles. The summed E-state index contributed by atoms with van der Waals surface area (Å²) in [4.78, 5) is 0. The smallest absolute Gasteiger partial charge is 0.0375 e. The Balaban J connectivity index is 2.12. The van der Waals surface area contributed by atoms with Crippen LogP contribution in [0.2, 0.25) is 0 Å². The summed E-state index contributed by atoms with van der Waals surface area (Å²) in [5.41, 5.74) is 0. The molecule has 90 valence electrons. The van der Waals surface area contributed by atoms with Crippen LogP contribution < -0.4 is 5.32 Å². The van der Waals surface area contributed by atoms with Gasteiger partial charge in [-0.2, -0.15) is 0 Å². The van der Waals surface area contributed by atoms with Gasteiger partial charge >= 0.3 is 0 Å². The Hall–Kier alpha value is 0.110. The molecule has 1 unspecified atom stereocenters. The second kappa shape index (κ2) is 6.00. The molecule has 1 fully saturated rings. The van der Waals surface area contributed by atoms with Gasteiger partial charge in [-0.25, -0.2) is 0 Å². The van der Waals surface area contributed by atoms with Crippen molar-refractivity contribution in [2.24, 2.45) is 0 Å². The molecule has 1 aliphatic carbocycles. The van der Waals surface area contributed by atoms with Crippen LogP contribution in [0, 0.1) is 0 Å². The highest BCUT2D eigenvalue weighted by Gasteiger charge is 2.19. The van der Waals surface area contributed by atoms with Crippen LogP contribution >= 0.6 is 0 Å². The predicted octanol–water partition coefficient (Wildman–Crippen LogP) is 2.46. The van der Waals surface area contributed by atoms with Crippen molar-refractivity contribution in [3.63, 3.8) is 0 Å². The Morgan fingerprint density at radius 1 is 1.20 bits per heavy atom. The zero-order chi connectivity index (χ0) is 11.3. The minimum atomic E-state index is -0.704. The third kappa shape index (κ3) is 5.12. The van der Waals surface area contributed by atoms with Gasteiger partial charge in [0.1, 0.15) is 0 Å². The van der Waals surface area contributed by atoms with Gasteiger partial charge in [-0.1, -0.05) is 19.3 Å². The van der Waals surface area contributed by atoms with E-state index in [4.69, 9.17) is 0 Å². The van der Waals surface area contributed by atoms with Gasteiger partial charge in [0.15, 0.2) is 0 Å². The molecule has 0 amide bonds. The molecule has 0 aromatic heterocycles.